The fraction of sp³-hybridized carbons (Fsp3) is 0.667. The molecule has 1 fully saturated rings. The molecule has 1 aromatic rings. The molecule has 6 nitrogen and oxygen atoms in total. The Labute approximate surface area is 135 Å². The first-order valence-corrected chi connectivity index (χ1v) is 7.79. The van der Waals surface area contributed by atoms with Crippen molar-refractivity contribution in [3.05, 3.63) is 27.1 Å². The van der Waals surface area contributed by atoms with E-state index in [0.717, 1.165) is 0 Å². The van der Waals surface area contributed by atoms with E-state index in [2.05, 4.69) is 5.10 Å². The number of ether oxygens (including phenoxy) is 1. The number of amides is 1. The van der Waals surface area contributed by atoms with Crippen molar-refractivity contribution in [3.8, 4) is 0 Å². The van der Waals surface area contributed by atoms with Gasteiger partial charge in [0.15, 0.2) is 5.15 Å². The number of rotatable bonds is 1. The van der Waals surface area contributed by atoms with Gasteiger partial charge in [-0.3, -0.25) is 4.79 Å². The smallest absolute Gasteiger partial charge is 0.410 e. The van der Waals surface area contributed by atoms with E-state index in [1.54, 1.807) is 11.8 Å². The Bertz CT molecular complexity index is 613. The van der Waals surface area contributed by atoms with Crippen LogP contribution in [0.5, 0.6) is 0 Å². The summed E-state index contributed by atoms with van der Waals surface area (Å²) >= 11 is 6.00. The Morgan fingerprint density at radius 2 is 1.95 bits per heavy atom. The molecule has 0 unspecified atom stereocenters. The molecule has 0 saturated carbocycles. The second-order valence-electron chi connectivity index (χ2n) is 6.60. The highest BCUT2D eigenvalue weighted by Gasteiger charge is 2.28. The number of aromatic nitrogens is 2. The van der Waals surface area contributed by atoms with Crippen molar-refractivity contribution in [3.63, 3.8) is 0 Å². The zero-order valence-electron chi connectivity index (χ0n) is 13.4. The lowest BCUT2D eigenvalue weighted by molar-refractivity contribution is 0.0183. The third kappa shape index (κ3) is 4.00. The molecular weight excluding hydrogens is 306 g/mol. The fourth-order valence-corrected chi connectivity index (χ4v) is 2.55. The summed E-state index contributed by atoms with van der Waals surface area (Å²) < 4.78 is 6.79. The second-order valence-corrected chi connectivity index (χ2v) is 6.96. The number of piperidine rings is 1. The Hall–Kier alpha value is -1.56. The minimum atomic E-state index is -0.503. The van der Waals surface area contributed by atoms with Gasteiger partial charge < -0.3 is 9.64 Å². The number of carbonyl (C=O) groups is 1. The van der Waals surface area contributed by atoms with Crippen LogP contribution >= 0.6 is 11.6 Å². The van der Waals surface area contributed by atoms with Gasteiger partial charge in [-0.1, -0.05) is 11.6 Å². The van der Waals surface area contributed by atoms with Crippen molar-refractivity contribution >= 4 is 17.7 Å². The quantitative estimate of drug-likeness (QED) is 0.795. The standard InChI is InChI=1S/C15H22ClN3O3/c1-10-9-12(20)19(17-13(10)16)11-5-7-18(8-6-11)14(21)22-15(2,3)4/h9,11H,5-8H2,1-4H3. The highest BCUT2D eigenvalue weighted by Crippen LogP contribution is 2.23. The lowest BCUT2D eigenvalue weighted by Crippen LogP contribution is -2.43. The molecule has 2 rings (SSSR count). The minimum Gasteiger partial charge on any atom is -0.444 e. The van der Waals surface area contributed by atoms with Crippen molar-refractivity contribution in [2.24, 2.45) is 0 Å². The summed E-state index contributed by atoms with van der Waals surface area (Å²) in [6, 6.07) is 1.46. The summed E-state index contributed by atoms with van der Waals surface area (Å²) in [5.41, 5.74) is 0.0170. The maximum absolute atomic E-state index is 12.0. The zero-order chi connectivity index (χ0) is 16.5. The Kier molecular flexibility index (Phi) is 4.80. The first kappa shape index (κ1) is 16.8. The summed E-state index contributed by atoms with van der Waals surface area (Å²) in [6.45, 7) is 8.37. The maximum atomic E-state index is 12.0. The molecule has 0 N–H and O–H groups in total. The summed E-state index contributed by atoms with van der Waals surface area (Å²) in [4.78, 5) is 25.7. The molecule has 0 radical (unpaired) electrons. The normalized spacial score (nSPS) is 16.7. The van der Waals surface area contributed by atoms with Crippen LogP contribution in [0, 0.1) is 6.92 Å². The minimum absolute atomic E-state index is 0.0377. The molecule has 1 aliphatic rings. The molecule has 0 bridgehead atoms. The predicted octanol–water partition coefficient (Wildman–Crippen LogP) is 2.78. The van der Waals surface area contributed by atoms with Crippen LogP contribution in [0.25, 0.3) is 0 Å². The molecule has 7 heteroatoms. The van der Waals surface area contributed by atoms with Gasteiger partial charge in [-0.25, -0.2) is 9.48 Å². The van der Waals surface area contributed by atoms with Crippen LogP contribution in [0.1, 0.15) is 45.2 Å². The first-order chi connectivity index (χ1) is 10.2. The van der Waals surface area contributed by atoms with Gasteiger partial charge in [0.2, 0.25) is 0 Å². The largest absolute Gasteiger partial charge is 0.444 e. The number of carbonyl (C=O) groups excluding carboxylic acids is 1. The number of hydrogen-bond acceptors (Lipinski definition) is 4. The van der Waals surface area contributed by atoms with E-state index >= 15 is 0 Å². The first-order valence-electron chi connectivity index (χ1n) is 7.41. The molecule has 0 aromatic carbocycles. The van der Waals surface area contributed by atoms with Crippen molar-refractivity contribution in [1.82, 2.24) is 14.7 Å². The predicted molar refractivity (Wildman–Crippen MR) is 84.3 cm³/mol. The third-order valence-corrected chi connectivity index (χ3v) is 3.92. The van der Waals surface area contributed by atoms with Gasteiger partial charge in [-0.05, 0) is 46.1 Å². The van der Waals surface area contributed by atoms with E-state index < -0.39 is 5.60 Å². The topological polar surface area (TPSA) is 64.4 Å². The van der Waals surface area contributed by atoms with Crippen LogP contribution < -0.4 is 5.56 Å². The molecule has 0 aliphatic carbocycles. The molecule has 1 aromatic heterocycles. The number of aryl methyl sites for hydroxylation is 1. The van der Waals surface area contributed by atoms with Crippen LogP contribution in [0.15, 0.2) is 10.9 Å². The van der Waals surface area contributed by atoms with Crippen molar-refractivity contribution in [2.75, 3.05) is 13.1 Å². The molecule has 0 spiro atoms. The van der Waals surface area contributed by atoms with Crippen LogP contribution in [0.4, 0.5) is 4.79 Å². The van der Waals surface area contributed by atoms with Gasteiger partial charge in [-0.2, -0.15) is 5.10 Å². The molecule has 2 heterocycles. The van der Waals surface area contributed by atoms with E-state index in [4.69, 9.17) is 16.3 Å². The fourth-order valence-electron chi connectivity index (χ4n) is 2.41. The van der Waals surface area contributed by atoms with E-state index in [1.807, 2.05) is 20.8 Å². The summed E-state index contributed by atoms with van der Waals surface area (Å²) in [5.74, 6) is 0. The lowest BCUT2D eigenvalue weighted by Gasteiger charge is -2.33. The van der Waals surface area contributed by atoms with Crippen molar-refractivity contribution < 1.29 is 9.53 Å². The average molecular weight is 328 g/mol. The number of nitrogens with zero attached hydrogens (tertiary/aromatic N) is 3. The molecule has 1 aliphatic heterocycles. The average Bonchev–Trinajstić information content (AvgIpc) is 2.41. The van der Waals surface area contributed by atoms with Gasteiger partial charge in [-0.15, -0.1) is 0 Å². The van der Waals surface area contributed by atoms with E-state index in [-0.39, 0.29) is 17.7 Å². The summed E-state index contributed by atoms with van der Waals surface area (Å²) in [5, 5.41) is 4.50. The SMILES string of the molecule is Cc1cc(=O)n(C2CCN(C(=O)OC(C)(C)C)CC2)nc1Cl. The highest BCUT2D eigenvalue weighted by atomic mass is 35.5. The van der Waals surface area contributed by atoms with Gasteiger partial charge in [0.1, 0.15) is 5.60 Å². The van der Waals surface area contributed by atoms with Crippen LogP contribution in [-0.4, -0.2) is 39.5 Å². The van der Waals surface area contributed by atoms with Crippen LogP contribution in [0.3, 0.4) is 0 Å². The van der Waals surface area contributed by atoms with Gasteiger partial charge in [0.05, 0.1) is 6.04 Å². The van der Waals surface area contributed by atoms with Crippen LogP contribution in [-0.2, 0) is 4.74 Å². The van der Waals surface area contributed by atoms with E-state index in [0.29, 0.717) is 36.6 Å². The number of hydrogen-bond donors (Lipinski definition) is 0. The molecule has 122 valence electrons. The number of halogens is 1. The molecule has 1 amide bonds. The molecule has 0 atom stereocenters. The summed E-state index contributed by atoms with van der Waals surface area (Å²) in [7, 11) is 0. The Morgan fingerprint density at radius 1 is 1.36 bits per heavy atom. The van der Waals surface area contributed by atoms with Crippen molar-refractivity contribution in [1.29, 1.82) is 0 Å². The van der Waals surface area contributed by atoms with E-state index in [1.165, 1.54) is 10.7 Å². The van der Waals surface area contributed by atoms with Gasteiger partial charge in [0, 0.05) is 19.2 Å². The van der Waals surface area contributed by atoms with Gasteiger partial charge >= 0.3 is 6.09 Å². The molecular formula is C15H22ClN3O3. The third-order valence-electron chi connectivity index (χ3n) is 3.55. The van der Waals surface area contributed by atoms with Gasteiger partial charge in [0.25, 0.3) is 5.56 Å². The molecule has 1 saturated heterocycles. The second kappa shape index (κ2) is 6.28. The highest BCUT2D eigenvalue weighted by molar-refractivity contribution is 6.30. The monoisotopic (exact) mass is 327 g/mol. The maximum Gasteiger partial charge on any atom is 0.410 e. The van der Waals surface area contributed by atoms with E-state index in [9.17, 15) is 9.59 Å². The molecule has 22 heavy (non-hydrogen) atoms. The van der Waals surface area contributed by atoms with Crippen LogP contribution in [0.2, 0.25) is 5.15 Å². The zero-order valence-corrected chi connectivity index (χ0v) is 14.2. The van der Waals surface area contributed by atoms with Crippen molar-refractivity contribution in [2.45, 2.75) is 52.2 Å². The lowest BCUT2D eigenvalue weighted by atomic mass is 10.1. The summed E-state index contributed by atoms with van der Waals surface area (Å²) in [6.07, 6.45) is 1.00. The Morgan fingerprint density at radius 3 is 2.50 bits per heavy atom. The Balaban J connectivity index is 2.02. The number of likely N-dealkylation sites (tertiary alicyclic amines) is 1.